The number of aromatic nitrogens is 2. The van der Waals surface area contributed by atoms with Gasteiger partial charge in [-0.1, -0.05) is 18.2 Å². The SMILES string of the molecule is O=C(Nc1ccc(N2CCN(c3ccccc3)CC2)nc1)c1ccc(-n2cccc2)cc1. The van der Waals surface area contributed by atoms with Crippen molar-refractivity contribution in [2.45, 2.75) is 0 Å². The van der Waals surface area contributed by atoms with Crippen molar-refractivity contribution in [2.24, 2.45) is 0 Å². The standard InChI is InChI=1S/C26H25N5O/c32-26(21-8-11-24(12-9-21)29-14-4-5-15-29)28-22-10-13-25(27-20-22)31-18-16-30(17-19-31)23-6-2-1-3-7-23/h1-15,20H,16-19H2,(H,28,32). The van der Waals surface area contributed by atoms with Crippen LogP contribution in [0.25, 0.3) is 5.69 Å². The molecule has 0 spiro atoms. The van der Waals surface area contributed by atoms with Gasteiger partial charge >= 0.3 is 0 Å². The second-order valence-electron chi connectivity index (χ2n) is 7.81. The summed E-state index contributed by atoms with van der Waals surface area (Å²) < 4.78 is 2.00. The number of carbonyl (C=O) groups excluding carboxylic acids is 1. The number of nitrogens with one attached hydrogen (secondary N) is 1. The predicted octanol–water partition coefficient (Wildman–Crippen LogP) is 4.45. The van der Waals surface area contributed by atoms with E-state index in [-0.39, 0.29) is 5.91 Å². The zero-order valence-electron chi connectivity index (χ0n) is 17.8. The van der Waals surface area contributed by atoms with E-state index in [2.05, 4.69) is 44.4 Å². The first-order chi connectivity index (χ1) is 15.8. The van der Waals surface area contributed by atoms with Gasteiger partial charge in [0.2, 0.25) is 0 Å². The molecule has 1 N–H and O–H groups in total. The van der Waals surface area contributed by atoms with Crippen molar-refractivity contribution in [1.29, 1.82) is 0 Å². The van der Waals surface area contributed by atoms with Crippen LogP contribution in [-0.2, 0) is 0 Å². The zero-order chi connectivity index (χ0) is 21.8. The van der Waals surface area contributed by atoms with E-state index < -0.39 is 0 Å². The van der Waals surface area contributed by atoms with Gasteiger partial charge in [-0.25, -0.2) is 4.98 Å². The number of piperazine rings is 1. The van der Waals surface area contributed by atoms with Crippen molar-refractivity contribution < 1.29 is 4.79 Å². The van der Waals surface area contributed by atoms with Crippen LogP contribution < -0.4 is 15.1 Å². The molecule has 160 valence electrons. The summed E-state index contributed by atoms with van der Waals surface area (Å²) in [5, 5.41) is 2.94. The van der Waals surface area contributed by atoms with E-state index in [9.17, 15) is 4.79 Å². The molecule has 1 fully saturated rings. The third-order valence-electron chi connectivity index (χ3n) is 5.76. The topological polar surface area (TPSA) is 53.4 Å². The van der Waals surface area contributed by atoms with Crippen LogP contribution >= 0.6 is 0 Å². The number of para-hydroxylation sites is 1. The van der Waals surface area contributed by atoms with E-state index in [1.54, 1.807) is 6.20 Å². The Balaban J connectivity index is 1.18. The Bertz CT molecular complexity index is 1150. The molecule has 0 atom stereocenters. The minimum Gasteiger partial charge on any atom is -0.368 e. The van der Waals surface area contributed by atoms with Crippen LogP contribution in [0.15, 0.2) is 97.5 Å². The summed E-state index contributed by atoms with van der Waals surface area (Å²) in [6.45, 7) is 3.76. The molecule has 1 amide bonds. The van der Waals surface area contributed by atoms with Crippen LogP contribution in [0, 0.1) is 0 Å². The second kappa shape index (κ2) is 8.98. The number of nitrogens with zero attached hydrogens (tertiary/aromatic N) is 4. The summed E-state index contributed by atoms with van der Waals surface area (Å²) in [6.07, 6.45) is 5.68. The van der Waals surface area contributed by atoms with E-state index in [0.717, 1.165) is 37.7 Å². The molecule has 1 saturated heterocycles. The van der Waals surface area contributed by atoms with Gasteiger partial charge in [0, 0.05) is 55.5 Å². The molecule has 32 heavy (non-hydrogen) atoms. The van der Waals surface area contributed by atoms with Crippen molar-refractivity contribution in [2.75, 3.05) is 41.3 Å². The third kappa shape index (κ3) is 4.34. The lowest BCUT2D eigenvalue weighted by Crippen LogP contribution is -2.46. The maximum absolute atomic E-state index is 12.6. The Morgan fingerprint density at radius 3 is 2.06 bits per heavy atom. The number of benzene rings is 2. The van der Waals surface area contributed by atoms with Crippen molar-refractivity contribution in [3.05, 3.63) is 103 Å². The molecule has 6 nitrogen and oxygen atoms in total. The van der Waals surface area contributed by atoms with Crippen molar-refractivity contribution in [3.8, 4) is 5.69 Å². The molecular weight excluding hydrogens is 398 g/mol. The molecule has 1 aliphatic heterocycles. The van der Waals surface area contributed by atoms with Gasteiger partial charge in [0.1, 0.15) is 5.82 Å². The van der Waals surface area contributed by atoms with E-state index in [1.807, 2.05) is 71.6 Å². The molecule has 6 heteroatoms. The van der Waals surface area contributed by atoms with Gasteiger partial charge in [0.15, 0.2) is 0 Å². The fourth-order valence-electron chi connectivity index (χ4n) is 3.97. The van der Waals surface area contributed by atoms with Gasteiger partial charge in [-0.2, -0.15) is 0 Å². The first-order valence-electron chi connectivity index (χ1n) is 10.8. The number of pyridine rings is 1. The molecule has 4 aromatic rings. The number of anilines is 3. The molecule has 0 unspecified atom stereocenters. The molecule has 0 aliphatic carbocycles. The molecule has 3 heterocycles. The normalized spacial score (nSPS) is 13.8. The van der Waals surface area contributed by atoms with Crippen LogP contribution in [-0.4, -0.2) is 41.6 Å². The van der Waals surface area contributed by atoms with E-state index in [4.69, 9.17) is 0 Å². The molecule has 2 aromatic carbocycles. The molecule has 1 aliphatic rings. The average molecular weight is 424 g/mol. The summed E-state index contributed by atoms with van der Waals surface area (Å²) in [7, 11) is 0. The Hall–Kier alpha value is -4.06. The Morgan fingerprint density at radius 2 is 1.41 bits per heavy atom. The van der Waals surface area contributed by atoms with Crippen LogP contribution in [0.5, 0.6) is 0 Å². The fourth-order valence-corrected chi connectivity index (χ4v) is 3.97. The summed E-state index contributed by atoms with van der Waals surface area (Å²) in [4.78, 5) is 21.9. The van der Waals surface area contributed by atoms with Crippen LogP contribution in [0.4, 0.5) is 17.2 Å². The first-order valence-corrected chi connectivity index (χ1v) is 10.8. The minimum atomic E-state index is -0.143. The van der Waals surface area contributed by atoms with Crippen LogP contribution in [0.1, 0.15) is 10.4 Å². The zero-order valence-corrected chi connectivity index (χ0v) is 17.8. The lowest BCUT2D eigenvalue weighted by atomic mass is 10.2. The number of hydrogen-bond acceptors (Lipinski definition) is 4. The van der Waals surface area contributed by atoms with Crippen molar-refractivity contribution >= 4 is 23.1 Å². The highest BCUT2D eigenvalue weighted by Crippen LogP contribution is 2.20. The van der Waals surface area contributed by atoms with Gasteiger partial charge in [-0.05, 0) is 60.7 Å². The molecule has 5 rings (SSSR count). The highest BCUT2D eigenvalue weighted by atomic mass is 16.1. The van der Waals surface area contributed by atoms with Gasteiger partial charge in [-0.15, -0.1) is 0 Å². The average Bonchev–Trinajstić information content (AvgIpc) is 3.40. The highest BCUT2D eigenvalue weighted by Gasteiger charge is 2.18. The third-order valence-corrected chi connectivity index (χ3v) is 5.76. The van der Waals surface area contributed by atoms with Gasteiger partial charge in [0.25, 0.3) is 5.91 Å². The quantitative estimate of drug-likeness (QED) is 0.515. The highest BCUT2D eigenvalue weighted by molar-refractivity contribution is 6.04. The van der Waals surface area contributed by atoms with E-state index in [0.29, 0.717) is 11.3 Å². The van der Waals surface area contributed by atoms with Crippen LogP contribution in [0.2, 0.25) is 0 Å². The summed E-state index contributed by atoms with van der Waals surface area (Å²) in [6, 6.07) is 25.9. The van der Waals surface area contributed by atoms with Crippen LogP contribution in [0.3, 0.4) is 0 Å². The van der Waals surface area contributed by atoms with E-state index in [1.165, 1.54) is 5.69 Å². The lowest BCUT2D eigenvalue weighted by molar-refractivity contribution is 0.102. The molecule has 2 aromatic heterocycles. The van der Waals surface area contributed by atoms with Gasteiger partial charge in [-0.3, -0.25) is 4.79 Å². The minimum absolute atomic E-state index is 0.143. The monoisotopic (exact) mass is 423 g/mol. The molecule has 0 radical (unpaired) electrons. The lowest BCUT2D eigenvalue weighted by Gasteiger charge is -2.36. The largest absolute Gasteiger partial charge is 0.368 e. The Labute approximate surface area is 187 Å². The number of amides is 1. The summed E-state index contributed by atoms with van der Waals surface area (Å²) >= 11 is 0. The Kier molecular flexibility index (Phi) is 5.58. The molecule has 0 saturated carbocycles. The number of hydrogen-bond donors (Lipinski definition) is 1. The van der Waals surface area contributed by atoms with Gasteiger partial charge in [0.05, 0.1) is 11.9 Å². The first kappa shape index (κ1) is 19.9. The maximum Gasteiger partial charge on any atom is 0.255 e. The predicted molar refractivity (Wildman–Crippen MR) is 129 cm³/mol. The smallest absolute Gasteiger partial charge is 0.255 e. The van der Waals surface area contributed by atoms with Gasteiger partial charge < -0.3 is 19.7 Å². The second-order valence-corrected chi connectivity index (χ2v) is 7.81. The number of carbonyl (C=O) groups is 1. The Morgan fingerprint density at radius 1 is 0.719 bits per heavy atom. The number of rotatable bonds is 5. The maximum atomic E-state index is 12.6. The molecular formula is C26H25N5O. The van der Waals surface area contributed by atoms with E-state index >= 15 is 0 Å². The fraction of sp³-hybridized carbons (Fsp3) is 0.154. The van der Waals surface area contributed by atoms with Crippen molar-refractivity contribution in [1.82, 2.24) is 9.55 Å². The molecule has 0 bridgehead atoms. The summed E-state index contributed by atoms with van der Waals surface area (Å²) in [5.74, 6) is 0.793. The van der Waals surface area contributed by atoms with Crippen molar-refractivity contribution in [3.63, 3.8) is 0 Å². The summed E-state index contributed by atoms with van der Waals surface area (Å²) in [5.41, 5.74) is 3.59.